The van der Waals surface area contributed by atoms with Crippen LogP contribution in [0.25, 0.3) is 22.4 Å². The Labute approximate surface area is 146 Å². The van der Waals surface area contributed by atoms with E-state index in [0.717, 1.165) is 11.1 Å². The maximum Gasteiger partial charge on any atom is 0.127 e. The zero-order valence-electron chi connectivity index (χ0n) is 12.4. The van der Waals surface area contributed by atoms with E-state index >= 15 is 0 Å². The highest BCUT2D eigenvalue weighted by atomic mass is 35.5. The van der Waals surface area contributed by atoms with Crippen LogP contribution < -0.4 is 0 Å². The van der Waals surface area contributed by atoms with Gasteiger partial charge in [-0.15, -0.1) is 0 Å². The first kappa shape index (κ1) is 16.8. The van der Waals surface area contributed by atoms with Gasteiger partial charge in [0.25, 0.3) is 0 Å². The Hall–Kier alpha value is -2.08. The molecule has 122 valence electrons. The van der Waals surface area contributed by atoms with Crippen LogP contribution in [0.5, 0.6) is 0 Å². The minimum absolute atomic E-state index is 0.132. The van der Waals surface area contributed by atoms with E-state index in [1.807, 2.05) is 24.3 Å². The van der Waals surface area contributed by atoms with E-state index in [4.69, 9.17) is 11.6 Å². The molecular formula is C18H12ClFNO2S-. The lowest BCUT2D eigenvalue weighted by Crippen LogP contribution is -1.98. The number of hydrogen-bond donors (Lipinski definition) is 0. The molecule has 0 aliphatic carbocycles. The molecule has 24 heavy (non-hydrogen) atoms. The predicted octanol–water partition coefficient (Wildman–Crippen LogP) is 4.59. The summed E-state index contributed by atoms with van der Waals surface area (Å²) < 4.78 is 35.7. The van der Waals surface area contributed by atoms with Crippen molar-refractivity contribution in [3.8, 4) is 22.4 Å². The fraction of sp³-hybridized carbons (Fsp3) is 0.0556. The Morgan fingerprint density at radius 2 is 1.92 bits per heavy atom. The highest BCUT2D eigenvalue weighted by Crippen LogP contribution is 2.32. The second-order valence-corrected chi connectivity index (χ2v) is 6.50. The summed E-state index contributed by atoms with van der Waals surface area (Å²) in [5, 5.41) is 0.599. The van der Waals surface area contributed by atoms with Crippen LogP contribution >= 0.6 is 11.6 Å². The molecule has 0 radical (unpaired) electrons. The third kappa shape index (κ3) is 3.70. The molecular weight excluding hydrogens is 349 g/mol. The van der Waals surface area contributed by atoms with Gasteiger partial charge in [0.15, 0.2) is 0 Å². The molecule has 3 aromatic rings. The van der Waals surface area contributed by atoms with Crippen molar-refractivity contribution in [1.29, 1.82) is 0 Å². The van der Waals surface area contributed by atoms with Crippen LogP contribution in [0.1, 0.15) is 5.56 Å². The van der Waals surface area contributed by atoms with Crippen molar-refractivity contribution >= 4 is 22.7 Å². The van der Waals surface area contributed by atoms with Gasteiger partial charge in [-0.1, -0.05) is 53.0 Å². The van der Waals surface area contributed by atoms with E-state index in [1.165, 1.54) is 12.1 Å². The lowest BCUT2D eigenvalue weighted by molar-refractivity contribution is 0.533. The van der Waals surface area contributed by atoms with Crippen molar-refractivity contribution in [2.24, 2.45) is 0 Å². The van der Waals surface area contributed by atoms with E-state index in [2.05, 4.69) is 4.98 Å². The van der Waals surface area contributed by atoms with Gasteiger partial charge < -0.3 is 4.55 Å². The summed E-state index contributed by atoms with van der Waals surface area (Å²) in [5.41, 5.74) is 3.00. The zero-order valence-corrected chi connectivity index (χ0v) is 14.0. The summed E-state index contributed by atoms with van der Waals surface area (Å²) in [4.78, 5) is 4.36. The normalized spacial score (nSPS) is 12.1. The van der Waals surface area contributed by atoms with Crippen molar-refractivity contribution in [1.82, 2.24) is 4.98 Å². The van der Waals surface area contributed by atoms with Gasteiger partial charge in [0.2, 0.25) is 0 Å². The smallest absolute Gasteiger partial charge is 0.127 e. The Morgan fingerprint density at radius 3 is 2.62 bits per heavy atom. The number of nitrogens with zero attached hydrogens (tertiary/aromatic N) is 1. The van der Waals surface area contributed by atoms with Crippen LogP contribution in [-0.2, 0) is 16.8 Å². The zero-order chi connectivity index (χ0) is 17.1. The van der Waals surface area contributed by atoms with Gasteiger partial charge in [0.05, 0.1) is 5.69 Å². The quantitative estimate of drug-likeness (QED) is 0.639. The van der Waals surface area contributed by atoms with Gasteiger partial charge in [0.1, 0.15) is 5.82 Å². The molecule has 6 heteroatoms. The number of pyridine rings is 1. The van der Waals surface area contributed by atoms with Crippen molar-refractivity contribution in [3.05, 3.63) is 77.2 Å². The Bertz CT molecular complexity index is 917. The molecule has 1 aromatic heterocycles. The lowest BCUT2D eigenvalue weighted by atomic mass is 9.99. The molecule has 2 aromatic carbocycles. The maximum absolute atomic E-state index is 14.2. The number of aromatic nitrogens is 1. The third-order valence-electron chi connectivity index (χ3n) is 3.54. The standard InChI is InChI=1S/C18H13ClFNO2S/c19-15-4-1-3-12(9-15)16-5-2-8-21-18(16)13-6-7-14(11-24(22)23)17(20)10-13/h1-10H,11H2,(H,22,23)/p-1. The molecule has 3 rings (SSSR count). The van der Waals surface area contributed by atoms with Crippen LogP contribution in [0.15, 0.2) is 60.8 Å². The monoisotopic (exact) mass is 360 g/mol. The van der Waals surface area contributed by atoms with E-state index in [0.29, 0.717) is 16.3 Å². The summed E-state index contributed by atoms with van der Waals surface area (Å²) >= 11 is 3.71. The second-order valence-electron chi connectivity index (χ2n) is 5.16. The Kier molecular flexibility index (Phi) is 5.04. The molecule has 1 unspecified atom stereocenters. The largest absolute Gasteiger partial charge is 0.772 e. The average molecular weight is 361 g/mol. The number of rotatable bonds is 4. The molecule has 0 bridgehead atoms. The fourth-order valence-electron chi connectivity index (χ4n) is 2.46. The van der Waals surface area contributed by atoms with Crippen molar-refractivity contribution in [2.45, 2.75) is 5.75 Å². The van der Waals surface area contributed by atoms with E-state index < -0.39 is 16.9 Å². The van der Waals surface area contributed by atoms with Gasteiger partial charge in [-0.3, -0.25) is 9.19 Å². The first-order valence-electron chi connectivity index (χ1n) is 7.10. The molecule has 0 aliphatic heterocycles. The third-order valence-corrected chi connectivity index (χ3v) is 4.32. The van der Waals surface area contributed by atoms with Crippen molar-refractivity contribution in [2.75, 3.05) is 0 Å². The number of halogens is 2. The molecule has 0 aliphatic rings. The highest BCUT2D eigenvalue weighted by molar-refractivity contribution is 7.78. The fourth-order valence-corrected chi connectivity index (χ4v) is 3.14. The van der Waals surface area contributed by atoms with Crippen LogP contribution in [0.4, 0.5) is 4.39 Å². The lowest BCUT2D eigenvalue weighted by Gasteiger charge is -2.11. The Balaban J connectivity index is 2.08. The minimum atomic E-state index is -2.33. The van der Waals surface area contributed by atoms with Gasteiger partial charge in [-0.2, -0.15) is 0 Å². The van der Waals surface area contributed by atoms with Crippen LogP contribution in [0, 0.1) is 5.82 Å². The van der Waals surface area contributed by atoms with Crippen LogP contribution in [0.2, 0.25) is 5.02 Å². The molecule has 0 saturated heterocycles. The summed E-state index contributed by atoms with van der Waals surface area (Å²) in [5.74, 6) is -0.922. The van der Waals surface area contributed by atoms with E-state index in [9.17, 15) is 13.2 Å². The van der Waals surface area contributed by atoms with Gasteiger partial charge in [0, 0.05) is 28.1 Å². The number of hydrogen-bond acceptors (Lipinski definition) is 3. The maximum atomic E-state index is 14.2. The molecule has 1 atom stereocenters. The van der Waals surface area contributed by atoms with E-state index in [-0.39, 0.29) is 11.3 Å². The topological polar surface area (TPSA) is 53.0 Å². The average Bonchev–Trinajstić information content (AvgIpc) is 2.56. The van der Waals surface area contributed by atoms with Gasteiger partial charge in [-0.05, 0) is 35.4 Å². The SMILES string of the molecule is O=S([O-])Cc1ccc(-c2ncccc2-c2cccc(Cl)c2)cc1F. The summed E-state index contributed by atoms with van der Waals surface area (Å²) in [6, 6.07) is 15.4. The summed E-state index contributed by atoms with van der Waals surface area (Å²) in [6.07, 6.45) is 1.63. The van der Waals surface area contributed by atoms with Crippen LogP contribution in [0.3, 0.4) is 0 Å². The minimum Gasteiger partial charge on any atom is -0.772 e. The molecule has 3 nitrogen and oxygen atoms in total. The highest BCUT2D eigenvalue weighted by Gasteiger charge is 2.11. The molecule has 0 fully saturated rings. The summed E-state index contributed by atoms with van der Waals surface area (Å²) in [7, 11) is 0. The van der Waals surface area contributed by atoms with Crippen LogP contribution in [-0.4, -0.2) is 13.7 Å². The van der Waals surface area contributed by atoms with Crippen molar-refractivity contribution in [3.63, 3.8) is 0 Å². The molecule has 0 amide bonds. The predicted molar refractivity (Wildman–Crippen MR) is 92.7 cm³/mol. The molecule has 0 N–H and O–H groups in total. The molecule has 0 saturated carbocycles. The molecule has 1 heterocycles. The second kappa shape index (κ2) is 7.21. The molecule has 0 spiro atoms. The Morgan fingerprint density at radius 1 is 1.08 bits per heavy atom. The van der Waals surface area contributed by atoms with Gasteiger partial charge >= 0.3 is 0 Å². The first-order valence-corrected chi connectivity index (χ1v) is 8.72. The van der Waals surface area contributed by atoms with Gasteiger partial charge in [-0.25, -0.2) is 4.39 Å². The number of benzene rings is 2. The van der Waals surface area contributed by atoms with E-state index in [1.54, 1.807) is 24.4 Å². The summed E-state index contributed by atoms with van der Waals surface area (Å²) in [6.45, 7) is 0. The first-order chi connectivity index (χ1) is 11.5. The van der Waals surface area contributed by atoms with Crippen molar-refractivity contribution < 1.29 is 13.2 Å².